The number of carboxylic acids is 1. The quantitative estimate of drug-likeness (QED) is 0.826. The number of aromatic nitrogens is 1. The Bertz CT molecular complexity index is 455. The summed E-state index contributed by atoms with van der Waals surface area (Å²) in [6.45, 7) is 1.14. The van der Waals surface area contributed by atoms with Gasteiger partial charge in [0.25, 0.3) is 6.43 Å². The second-order valence-electron chi connectivity index (χ2n) is 3.18. The highest BCUT2D eigenvalue weighted by atomic mass is 19.4. The number of aryl methyl sites for hydroxylation is 1. The minimum absolute atomic E-state index is 0.217. The summed E-state index contributed by atoms with van der Waals surface area (Å²) in [6.07, 6.45) is -8.69. The minimum Gasteiger partial charge on any atom is -0.478 e. The molecule has 0 aliphatic heterocycles. The number of carboxylic acid groups (broad SMARTS) is 1. The van der Waals surface area contributed by atoms with Crippen molar-refractivity contribution in [3.63, 3.8) is 0 Å². The molecule has 1 rings (SSSR count). The molecule has 0 aliphatic carbocycles. The van der Waals surface area contributed by atoms with Crippen molar-refractivity contribution < 1.29 is 31.9 Å². The molecular weight excluding hydrogens is 249 g/mol. The number of hydrogen-bond donors (Lipinski definition) is 1. The van der Waals surface area contributed by atoms with Gasteiger partial charge in [0.05, 0.1) is 11.1 Å². The molecule has 3 nitrogen and oxygen atoms in total. The third kappa shape index (κ3) is 2.69. The molecule has 1 aromatic heterocycles. The zero-order valence-corrected chi connectivity index (χ0v) is 8.35. The Morgan fingerprint density at radius 1 is 1.41 bits per heavy atom. The van der Waals surface area contributed by atoms with Gasteiger partial charge < -0.3 is 5.11 Å². The van der Waals surface area contributed by atoms with Gasteiger partial charge in [-0.15, -0.1) is 0 Å². The number of aromatic carboxylic acids is 1. The van der Waals surface area contributed by atoms with Crippen LogP contribution in [0.1, 0.15) is 33.7 Å². The lowest BCUT2D eigenvalue weighted by atomic mass is 10.0. The van der Waals surface area contributed by atoms with Gasteiger partial charge in [0, 0.05) is 5.69 Å². The van der Waals surface area contributed by atoms with Gasteiger partial charge >= 0.3 is 12.1 Å². The SMILES string of the molecule is Cc1cc(C(=O)O)c(C(F)(F)F)c(C(F)F)n1. The summed E-state index contributed by atoms with van der Waals surface area (Å²) in [5.41, 5.74) is -4.90. The van der Waals surface area contributed by atoms with Gasteiger partial charge in [-0.05, 0) is 13.0 Å². The highest BCUT2D eigenvalue weighted by molar-refractivity contribution is 5.90. The Kier molecular flexibility index (Phi) is 3.35. The third-order valence-corrected chi connectivity index (χ3v) is 1.90. The van der Waals surface area contributed by atoms with Crippen molar-refractivity contribution in [1.29, 1.82) is 0 Å². The number of halogens is 5. The maximum absolute atomic E-state index is 12.5. The first-order valence-electron chi connectivity index (χ1n) is 4.24. The van der Waals surface area contributed by atoms with Gasteiger partial charge in [-0.2, -0.15) is 13.2 Å². The summed E-state index contributed by atoms with van der Waals surface area (Å²) >= 11 is 0. The van der Waals surface area contributed by atoms with Gasteiger partial charge in [0.2, 0.25) is 0 Å². The van der Waals surface area contributed by atoms with Crippen molar-refractivity contribution in [1.82, 2.24) is 4.98 Å². The van der Waals surface area contributed by atoms with Crippen LogP contribution >= 0.6 is 0 Å². The second-order valence-corrected chi connectivity index (χ2v) is 3.18. The molecule has 0 saturated carbocycles. The van der Waals surface area contributed by atoms with E-state index in [4.69, 9.17) is 5.11 Å². The van der Waals surface area contributed by atoms with Crippen LogP contribution in [0.3, 0.4) is 0 Å². The van der Waals surface area contributed by atoms with Gasteiger partial charge in [-0.3, -0.25) is 4.98 Å². The fourth-order valence-electron chi connectivity index (χ4n) is 1.32. The molecule has 17 heavy (non-hydrogen) atoms. The average Bonchev–Trinajstić information content (AvgIpc) is 2.14. The van der Waals surface area contributed by atoms with Crippen molar-refractivity contribution in [2.75, 3.05) is 0 Å². The molecule has 0 radical (unpaired) electrons. The summed E-state index contributed by atoms with van der Waals surface area (Å²) in [5, 5.41) is 8.59. The topological polar surface area (TPSA) is 50.2 Å². The Labute approximate surface area is 91.9 Å². The van der Waals surface area contributed by atoms with E-state index in [1.54, 1.807) is 0 Å². The first-order valence-corrected chi connectivity index (χ1v) is 4.24. The zero-order valence-electron chi connectivity index (χ0n) is 8.35. The van der Waals surface area contributed by atoms with Crippen LogP contribution < -0.4 is 0 Å². The summed E-state index contributed by atoms with van der Waals surface area (Å²) < 4.78 is 62.4. The van der Waals surface area contributed by atoms with E-state index >= 15 is 0 Å². The molecule has 0 aromatic carbocycles. The summed E-state index contributed by atoms with van der Waals surface area (Å²) in [6, 6.07) is 0.608. The predicted molar refractivity (Wildman–Crippen MR) is 45.9 cm³/mol. The summed E-state index contributed by atoms with van der Waals surface area (Å²) in [4.78, 5) is 13.7. The van der Waals surface area contributed by atoms with Gasteiger partial charge in [-0.25, -0.2) is 13.6 Å². The highest BCUT2D eigenvalue weighted by Gasteiger charge is 2.41. The molecule has 0 atom stereocenters. The van der Waals surface area contributed by atoms with Crippen LogP contribution in [0.25, 0.3) is 0 Å². The monoisotopic (exact) mass is 255 g/mol. The van der Waals surface area contributed by atoms with Crippen molar-refractivity contribution in [3.05, 3.63) is 28.6 Å². The molecular formula is C9H6F5NO2. The van der Waals surface area contributed by atoms with Crippen LogP contribution in [0.2, 0.25) is 0 Å². The molecule has 1 N–H and O–H groups in total. The van der Waals surface area contributed by atoms with Crippen LogP contribution in [0, 0.1) is 6.92 Å². The lowest BCUT2D eigenvalue weighted by Gasteiger charge is -2.15. The maximum Gasteiger partial charge on any atom is 0.419 e. The van der Waals surface area contributed by atoms with E-state index in [0.29, 0.717) is 6.07 Å². The minimum atomic E-state index is -5.19. The number of hydrogen-bond acceptors (Lipinski definition) is 2. The van der Waals surface area contributed by atoms with Crippen molar-refractivity contribution in [2.45, 2.75) is 19.5 Å². The molecule has 0 amide bonds. The van der Waals surface area contributed by atoms with Crippen LogP contribution in [0.5, 0.6) is 0 Å². The van der Waals surface area contributed by atoms with Crippen molar-refractivity contribution in [3.8, 4) is 0 Å². The van der Waals surface area contributed by atoms with E-state index in [-0.39, 0.29) is 5.69 Å². The maximum atomic E-state index is 12.5. The highest BCUT2D eigenvalue weighted by Crippen LogP contribution is 2.38. The predicted octanol–water partition coefficient (Wildman–Crippen LogP) is 3.04. The molecule has 0 bridgehead atoms. The van der Waals surface area contributed by atoms with Gasteiger partial charge in [-0.1, -0.05) is 0 Å². The Hall–Kier alpha value is -1.73. The molecule has 0 unspecified atom stereocenters. The molecule has 1 aromatic rings. The molecule has 1 heterocycles. The van der Waals surface area contributed by atoms with Crippen LogP contribution in [0.15, 0.2) is 6.07 Å². The Morgan fingerprint density at radius 3 is 2.29 bits per heavy atom. The normalized spacial score (nSPS) is 11.9. The number of nitrogens with zero attached hydrogens (tertiary/aromatic N) is 1. The van der Waals surface area contributed by atoms with Gasteiger partial charge in [0.15, 0.2) is 0 Å². The standard InChI is InChI=1S/C9H6F5NO2/c1-3-2-4(8(16)17)5(9(12,13)14)6(15-3)7(10)11/h2,7H,1H3,(H,16,17). The summed E-state index contributed by atoms with van der Waals surface area (Å²) in [5.74, 6) is -1.93. The van der Waals surface area contributed by atoms with Crippen LogP contribution in [-0.2, 0) is 6.18 Å². The zero-order chi connectivity index (χ0) is 13.4. The molecule has 0 spiro atoms. The lowest BCUT2D eigenvalue weighted by molar-refractivity contribution is -0.140. The number of pyridine rings is 1. The molecule has 0 saturated heterocycles. The van der Waals surface area contributed by atoms with Crippen molar-refractivity contribution >= 4 is 5.97 Å². The van der Waals surface area contributed by atoms with Gasteiger partial charge in [0.1, 0.15) is 5.69 Å². The molecule has 0 fully saturated rings. The first-order chi connectivity index (χ1) is 7.64. The van der Waals surface area contributed by atoms with E-state index in [1.807, 2.05) is 0 Å². The molecule has 94 valence electrons. The van der Waals surface area contributed by atoms with Crippen LogP contribution in [0.4, 0.5) is 22.0 Å². The van der Waals surface area contributed by atoms with E-state index in [9.17, 15) is 26.7 Å². The fraction of sp³-hybridized carbons (Fsp3) is 0.333. The first kappa shape index (κ1) is 13.3. The van der Waals surface area contributed by atoms with Crippen molar-refractivity contribution in [2.24, 2.45) is 0 Å². The second kappa shape index (κ2) is 4.27. The number of rotatable bonds is 2. The van der Waals surface area contributed by atoms with E-state index in [0.717, 1.165) is 6.92 Å². The lowest BCUT2D eigenvalue weighted by Crippen LogP contribution is -2.18. The average molecular weight is 255 g/mol. The third-order valence-electron chi connectivity index (χ3n) is 1.90. The Balaban J connectivity index is 3.66. The van der Waals surface area contributed by atoms with E-state index in [2.05, 4.69) is 4.98 Å². The summed E-state index contributed by atoms with van der Waals surface area (Å²) in [7, 11) is 0. The largest absolute Gasteiger partial charge is 0.478 e. The van der Waals surface area contributed by atoms with Crippen LogP contribution in [-0.4, -0.2) is 16.1 Å². The number of alkyl halides is 5. The fourth-order valence-corrected chi connectivity index (χ4v) is 1.32. The molecule has 8 heteroatoms. The van der Waals surface area contributed by atoms with E-state index in [1.165, 1.54) is 0 Å². The van der Waals surface area contributed by atoms with E-state index < -0.39 is 35.4 Å². The smallest absolute Gasteiger partial charge is 0.419 e. The Morgan fingerprint density at radius 2 is 1.94 bits per heavy atom. The molecule has 0 aliphatic rings. The number of carbonyl (C=O) groups is 1.